The molecule has 0 fully saturated rings. The molecule has 0 bridgehead atoms. The fourth-order valence-corrected chi connectivity index (χ4v) is 11.3. The van der Waals surface area contributed by atoms with Gasteiger partial charge in [-0.25, -0.2) is 0 Å². The SMILES string of the molecule is c1ccc(-n2c3ccccc3c3ccccc32)c(-c2cc(N(c3ccc(-c4ccc5sc6ccccc6c5c4)cc3)c3ccc4c(c3)oc3ccccc34)cc3c2oc2ccccc23)c1. The van der Waals surface area contributed by atoms with Crippen molar-refractivity contribution >= 4 is 114 Å². The lowest BCUT2D eigenvalue weighted by atomic mass is 9.98. The molecule has 14 aromatic rings. The van der Waals surface area contributed by atoms with Crippen LogP contribution in [0.1, 0.15) is 0 Å². The zero-order chi connectivity index (χ0) is 42.6. The number of thiophene rings is 1. The molecule has 5 heteroatoms. The van der Waals surface area contributed by atoms with Crippen molar-refractivity contribution in [3.05, 3.63) is 218 Å². The molecule has 65 heavy (non-hydrogen) atoms. The van der Waals surface area contributed by atoms with E-state index in [0.29, 0.717) is 0 Å². The van der Waals surface area contributed by atoms with Crippen LogP contribution in [-0.2, 0) is 0 Å². The molecule has 0 spiro atoms. The minimum Gasteiger partial charge on any atom is -0.456 e. The summed E-state index contributed by atoms with van der Waals surface area (Å²) >= 11 is 1.85. The first kappa shape index (κ1) is 36.1. The number of benzene rings is 10. The lowest BCUT2D eigenvalue weighted by Gasteiger charge is -2.27. The Bertz CT molecular complexity index is 4150. The van der Waals surface area contributed by atoms with E-state index >= 15 is 0 Å². The van der Waals surface area contributed by atoms with Gasteiger partial charge in [0.05, 0.1) is 16.7 Å². The summed E-state index contributed by atoms with van der Waals surface area (Å²) in [6.07, 6.45) is 0. The minimum atomic E-state index is 0.841. The number of fused-ring (bicyclic) bond motifs is 12. The summed E-state index contributed by atoms with van der Waals surface area (Å²) in [4.78, 5) is 2.36. The molecule has 0 radical (unpaired) electrons. The molecule has 0 atom stereocenters. The van der Waals surface area contributed by atoms with E-state index in [2.05, 4.69) is 210 Å². The molecule has 10 aromatic carbocycles. The van der Waals surface area contributed by atoms with Gasteiger partial charge in [-0.2, -0.15) is 0 Å². The van der Waals surface area contributed by atoms with Gasteiger partial charge in [0.2, 0.25) is 0 Å². The van der Waals surface area contributed by atoms with Crippen molar-refractivity contribution in [2.75, 3.05) is 4.90 Å². The van der Waals surface area contributed by atoms with Crippen molar-refractivity contribution in [1.29, 1.82) is 0 Å². The lowest BCUT2D eigenvalue weighted by Crippen LogP contribution is -2.10. The molecule has 0 unspecified atom stereocenters. The Morgan fingerprint density at radius 2 is 0.923 bits per heavy atom. The number of furan rings is 2. The fraction of sp³-hybridized carbons (Fsp3) is 0. The first-order valence-electron chi connectivity index (χ1n) is 22.0. The molecule has 4 heterocycles. The molecule has 0 aliphatic rings. The second-order valence-electron chi connectivity index (χ2n) is 16.8. The highest BCUT2D eigenvalue weighted by Crippen LogP contribution is 2.47. The number of anilines is 3. The molecule has 304 valence electrons. The van der Waals surface area contributed by atoms with E-state index in [1.807, 2.05) is 29.5 Å². The van der Waals surface area contributed by atoms with Gasteiger partial charge in [-0.3, -0.25) is 0 Å². The van der Waals surface area contributed by atoms with Gasteiger partial charge in [0.25, 0.3) is 0 Å². The highest BCUT2D eigenvalue weighted by Gasteiger charge is 2.23. The monoisotopic (exact) mass is 848 g/mol. The Morgan fingerprint density at radius 1 is 0.338 bits per heavy atom. The average molecular weight is 849 g/mol. The maximum absolute atomic E-state index is 6.90. The second kappa shape index (κ2) is 14.1. The zero-order valence-electron chi connectivity index (χ0n) is 34.9. The summed E-state index contributed by atoms with van der Waals surface area (Å²) in [7, 11) is 0. The Balaban J connectivity index is 1.01. The summed E-state index contributed by atoms with van der Waals surface area (Å²) in [5.74, 6) is 0. The Hall–Kier alpha value is -8.38. The molecule has 14 rings (SSSR count). The Labute approximate surface area is 377 Å². The van der Waals surface area contributed by atoms with Crippen LogP contribution in [0, 0.1) is 0 Å². The molecule has 0 amide bonds. The summed E-state index contributed by atoms with van der Waals surface area (Å²) in [5, 5.41) is 9.35. The quantitative estimate of drug-likeness (QED) is 0.167. The summed E-state index contributed by atoms with van der Waals surface area (Å²) in [6.45, 7) is 0. The highest BCUT2D eigenvalue weighted by atomic mass is 32.1. The van der Waals surface area contributed by atoms with E-state index in [-0.39, 0.29) is 0 Å². The zero-order valence-corrected chi connectivity index (χ0v) is 35.7. The number of nitrogens with zero attached hydrogens (tertiary/aromatic N) is 2. The fourth-order valence-electron chi connectivity index (χ4n) is 10.2. The number of hydrogen-bond acceptors (Lipinski definition) is 4. The van der Waals surface area contributed by atoms with Gasteiger partial charge in [-0.1, -0.05) is 127 Å². The molecule has 0 aliphatic carbocycles. The number of rotatable bonds is 6. The van der Waals surface area contributed by atoms with Gasteiger partial charge < -0.3 is 18.3 Å². The molecule has 0 aliphatic heterocycles. The molecule has 4 aromatic heterocycles. The van der Waals surface area contributed by atoms with Crippen LogP contribution in [0.3, 0.4) is 0 Å². The largest absolute Gasteiger partial charge is 0.456 e. The molecule has 0 saturated carbocycles. The van der Waals surface area contributed by atoms with Crippen LogP contribution in [0.5, 0.6) is 0 Å². The first-order valence-corrected chi connectivity index (χ1v) is 22.8. The van der Waals surface area contributed by atoms with Gasteiger partial charge in [0.15, 0.2) is 0 Å². The number of aromatic nitrogens is 1. The third-order valence-electron chi connectivity index (χ3n) is 13.2. The van der Waals surface area contributed by atoms with Crippen LogP contribution in [0.2, 0.25) is 0 Å². The topological polar surface area (TPSA) is 34.5 Å². The van der Waals surface area contributed by atoms with Crippen LogP contribution in [-0.4, -0.2) is 4.57 Å². The maximum Gasteiger partial charge on any atom is 0.143 e. The van der Waals surface area contributed by atoms with E-state index in [0.717, 1.165) is 94.4 Å². The minimum absolute atomic E-state index is 0.841. The third kappa shape index (κ3) is 5.56. The van der Waals surface area contributed by atoms with E-state index in [9.17, 15) is 0 Å². The molecular weight excluding hydrogens is 813 g/mol. The van der Waals surface area contributed by atoms with Crippen LogP contribution < -0.4 is 4.90 Å². The molecule has 0 N–H and O–H groups in total. The van der Waals surface area contributed by atoms with Crippen LogP contribution in [0.25, 0.3) is 114 Å². The van der Waals surface area contributed by atoms with Gasteiger partial charge in [0.1, 0.15) is 22.3 Å². The Morgan fingerprint density at radius 3 is 1.71 bits per heavy atom. The molecule has 0 saturated heterocycles. The van der Waals surface area contributed by atoms with Gasteiger partial charge in [-0.05, 0) is 96.1 Å². The van der Waals surface area contributed by atoms with E-state index < -0.39 is 0 Å². The normalized spacial score (nSPS) is 12.0. The standard InChI is InChI=1S/C60H36N2O2S/c1-7-19-52-42(13-1)43-14-2-8-20-53(43)62(52)54-21-9-3-15-44(54)50-34-41(35-51-46-17-5-11-23-56(46)64-60(50)51)61(40-30-31-47-45-16-4-10-22-55(45)63-57(47)36-40)39-28-25-37(26-29-39)38-27-32-59-49(33-38)48-18-6-12-24-58(48)65-59/h1-36H. The van der Waals surface area contributed by atoms with Crippen molar-refractivity contribution in [3.63, 3.8) is 0 Å². The Kier molecular flexibility index (Phi) is 7.82. The van der Waals surface area contributed by atoms with Crippen LogP contribution in [0.15, 0.2) is 227 Å². The highest BCUT2D eigenvalue weighted by molar-refractivity contribution is 7.25. The van der Waals surface area contributed by atoms with E-state index in [1.54, 1.807) is 0 Å². The smallest absolute Gasteiger partial charge is 0.143 e. The van der Waals surface area contributed by atoms with Crippen LogP contribution >= 0.6 is 11.3 Å². The van der Waals surface area contributed by atoms with Gasteiger partial charge in [0, 0.05) is 86.7 Å². The van der Waals surface area contributed by atoms with Crippen LogP contribution in [0.4, 0.5) is 17.1 Å². The van der Waals surface area contributed by atoms with Crippen molar-refractivity contribution in [3.8, 4) is 27.9 Å². The summed E-state index contributed by atoms with van der Waals surface area (Å²) < 4.78 is 18.5. The van der Waals surface area contributed by atoms with Crippen molar-refractivity contribution < 1.29 is 8.83 Å². The summed E-state index contributed by atoms with van der Waals surface area (Å²) in [5.41, 5.74) is 14.3. The van der Waals surface area contributed by atoms with Gasteiger partial charge in [-0.15, -0.1) is 11.3 Å². The maximum atomic E-state index is 6.90. The average Bonchev–Trinajstić information content (AvgIpc) is 4.13. The molecule has 4 nitrogen and oxygen atoms in total. The van der Waals surface area contributed by atoms with Crippen molar-refractivity contribution in [1.82, 2.24) is 4.57 Å². The molecular formula is C60H36N2O2S. The van der Waals surface area contributed by atoms with Crippen molar-refractivity contribution in [2.24, 2.45) is 0 Å². The number of hydrogen-bond donors (Lipinski definition) is 0. The van der Waals surface area contributed by atoms with Crippen molar-refractivity contribution in [2.45, 2.75) is 0 Å². The predicted octanol–water partition coefficient (Wildman–Crippen LogP) is 17.8. The predicted molar refractivity (Wildman–Crippen MR) is 274 cm³/mol. The second-order valence-corrected chi connectivity index (χ2v) is 17.9. The number of para-hydroxylation sites is 5. The van der Waals surface area contributed by atoms with E-state index in [1.165, 1.54) is 36.5 Å². The van der Waals surface area contributed by atoms with E-state index in [4.69, 9.17) is 8.83 Å². The van der Waals surface area contributed by atoms with Gasteiger partial charge >= 0.3 is 0 Å². The summed E-state index contributed by atoms with van der Waals surface area (Å²) in [6, 6.07) is 78.5. The third-order valence-corrected chi connectivity index (χ3v) is 14.3. The first-order chi connectivity index (χ1) is 32.2. The lowest BCUT2D eigenvalue weighted by molar-refractivity contribution is 0.668.